The second kappa shape index (κ2) is 9.83. The molecule has 3 nitrogen and oxygen atoms in total. The van der Waals surface area contributed by atoms with Gasteiger partial charge >= 0.3 is 0 Å². The van der Waals surface area contributed by atoms with E-state index in [4.69, 9.17) is 8.83 Å². The molecule has 0 atom stereocenters. The summed E-state index contributed by atoms with van der Waals surface area (Å²) in [4.78, 5) is 2.39. The minimum Gasteiger partial charge on any atom is -0.456 e. The van der Waals surface area contributed by atoms with Gasteiger partial charge < -0.3 is 13.7 Å². The standard InChI is InChI=1S/C42H25NO2S/c1-2-12-26(13-3-1)27-16-8-17-28-29-18-9-21-34(42(29)45-41(27)28)43(32-19-10-23-36-39(32)30-14-4-6-22-35(30)44-36)33-20-11-25-38-40(33)31-15-5-7-24-37(31)46-38/h1-25H. The number of nitrogens with zero attached hydrogens (tertiary/aromatic N) is 1. The number of furan rings is 2. The topological polar surface area (TPSA) is 29.5 Å². The molecule has 10 rings (SSSR count). The first-order valence-electron chi connectivity index (χ1n) is 15.4. The van der Waals surface area contributed by atoms with Crippen molar-refractivity contribution in [1.82, 2.24) is 0 Å². The summed E-state index contributed by atoms with van der Waals surface area (Å²) >= 11 is 1.83. The third-order valence-electron chi connectivity index (χ3n) is 9.07. The Morgan fingerprint density at radius 2 is 1.00 bits per heavy atom. The summed E-state index contributed by atoms with van der Waals surface area (Å²) < 4.78 is 15.9. The van der Waals surface area contributed by atoms with Gasteiger partial charge in [-0.15, -0.1) is 11.3 Å². The Bertz CT molecular complexity index is 2650. The maximum Gasteiger partial charge on any atom is 0.159 e. The van der Waals surface area contributed by atoms with Crippen LogP contribution in [0, 0.1) is 0 Å². The Hall–Kier alpha value is -5.84. The maximum absolute atomic E-state index is 6.99. The van der Waals surface area contributed by atoms with Crippen LogP contribution in [0.15, 0.2) is 160 Å². The molecule has 3 aromatic heterocycles. The van der Waals surface area contributed by atoms with Gasteiger partial charge in [0.15, 0.2) is 5.58 Å². The summed E-state index contributed by atoms with van der Waals surface area (Å²) in [6.45, 7) is 0. The molecule has 0 spiro atoms. The molecular weight excluding hydrogens is 583 g/mol. The number of rotatable bonds is 4. The van der Waals surface area contributed by atoms with E-state index < -0.39 is 0 Å². The van der Waals surface area contributed by atoms with Crippen molar-refractivity contribution in [1.29, 1.82) is 0 Å². The lowest BCUT2D eigenvalue weighted by atomic mass is 10.0. The highest BCUT2D eigenvalue weighted by Gasteiger charge is 2.25. The number of thiophene rings is 1. The predicted octanol–water partition coefficient (Wildman–Crippen LogP) is 13.0. The molecule has 0 fully saturated rings. The Morgan fingerprint density at radius 1 is 0.391 bits per heavy atom. The van der Waals surface area contributed by atoms with Gasteiger partial charge in [0.1, 0.15) is 16.7 Å². The minimum absolute atomic E-state index is 0.849. The van der Waals surface area contributed by atoms with Crippen molar-refractivity contribution >= 4 is 92.4 Å². The highest BCUT2D eigenvalue weighted by molar-refractivity contribution is 7.26. The second-order valence-corrected chi connectivity index (χ2v) is 12.7. The fourth-order valence-electron chi connectivity index (χ4n) is 7.10. The quantitative estimate of drug-likeness (QED) is 0.199. The fraction of sp³-hybridized carbons (Fsp3) is 0. The highest BCUT2D eigenvalue weighted by atomic mass is 32.1. The van der Waals surface area contributed by atoms with Crippen LogP contribution in [0.4, 0.5) is 17.1 Å². The monoisotopic (exact) mass is 607 g/mol. The third-order valence-corrected chi connectivity index (χ3v) is 10.2. The van der Waals surface area contributed by atoms with Crippen molar-refractivity contribution in [3.05, 3.63) is 152 Å². The molecule has 0 aliphatic rings. The van der Waals surface area contributed by atoms with Gasteiger partial charge in [-0.25, -0.2) is 0 Å². The van der Waals surface area contributed by atoms with Gasteiger partial charge in [0.05, 0.1) is 22.4 Å². The normalized spacial score (nSPS) is 11.9. The fourth-order valence-corrected chi connectivity index (χ4v) is 8.23. The number of para-hydroxylation sites is 3. The van der Waals surface area contributed by atoms with Crippen LogP contribution in [0.5, 0.6) is 0 Å². The molecule has 0 amide bonds. The van der Waals surface area contributed by atoms with Crippen LogP contribution in [-0.4, -0.2) is 0 Å². The summed E-state index contributed by atoms with van der Waals surface area (Å²) in [6, 6.07) is 53.4. The lowest BCUT2D eigenvalue weighted by molar-refractivity contribution is 0.668. The van der Waals surface area contributed by atoms with Gasteiger partial charge in [0, 0.05) is 41.9 Å². The van der Waals surface area contributed by atoms with Crippen LogP contribution in [0.2, 0.25) is 0 Å². The SMILES string of the molecule is c1ccc(-c2cccc3c2oc2c(N(c4cccc5oc6ccccc6c45)c4cccc5sc6ccccc6c45)cccc23)cc1. The van der Waals surface area contributed by atoms with Crippen molar-refractivity contribution in [3.63, 3.8) is 0 Å². The molecule has 7 aromatic carbocycles. The first kappa shape index (κ1) is 25.5. The predicted molar refractivity (Wildman–Crippen MR) is 194 cm³/mol. The first-order chi connectivity index (χ1) is 22.8. The lowest BCUT2D eigenvalue weighted by Gasteiger charge is -2.27. The molecule has 3 heterocycles. The zero-order valence-corrected chi connectivity index (χ0v) is 25.4. The van der Waals surface area contributed by atoms with E-state index in [2.05, 4.69) is 138 Å². The Balaban J connectivity index is 1.35. The molecule has 4 heteroatoms. The summed E-state index contributed by atoms with van der Waals surface area (Å²) in [6.07, 6.45) is 0. The largest absolute Gasteiger partial charge is 0.456 e. The van der Waals surface area contributed by atoms with Crippen LogP contribution in [-0.2, 0) is 0 Å². The summed E-state index contributed by atoms with van der Waals surface area (Å²) in [7, 11) is 0. The van der Waals surface area contributed by atoms with Crippen molar-refractivity contribution in [3.8, 4) is 11.1 Å². The van der Waals surface area contributed by atoms with E-state index in [0.29, 0.717) is 0 Å². The minimum atomic E-state index is 0.849. The Labute approximate surface area is 268 Å². The molecule has 0 saturated carbocycles. The van der Waals surface area contributed by atoms with E-state index in [0.717, 1.165) is 72.1 Å². The van der Waals surface area contributed by atoms with E-state index in [9.17, 15) is 0 Å². The van der Waals surface area contributed by atoms with E-state index in [1.165, 1.54) is 20.2 Å². The van der Waals surface area contributed by atoms with Crippen molar-refractivity contribution in [2.75, 3.05) is 4.90 Å². The van der Waals surface area contributed by atoms with Gasteiger partial charge in [-0.2, -0.15) is 0 Å². The van der Waals surface area contributed by atoms with Gasteiger partial charge in [-0.3, -0.25) is 0 Å². The highest BCUT2D eigenvalue weighted by Crippen LogP contribution is 2.50. The summed E-state index contributed by atoms with van der Waals surface area (Å²) in [5.41, 5.74) is 8.81. The first-order valence-corrected chi connectivity index (χ1v) is 16.3. The van der Waals surface area contributed by atoms with Crippen LogP contribution in [0.25, 0.3) is 75.2 Å². The molecule has 216 valence electrons. The van der Waals surface area contributed by atoms with Crippen molar-refractivity contribution < 1.29 is 8.83 Å². The zero-order chi connectivity index (χ0) is 30.2. The van der Waals surface area contributed by atoms with Crippen molar-refractivity contribution in [2.24, 2.45) is 0 Å². The third kappa shape index (κ3) is 3.65. The molecule has 0 unspecified atom stereocenters. The second-order valence-electron chi connectivity index (χ2n) is 11.6. The van der Waals surface area contributed by atoms with Crippen LogP contribution in [0.1, 0.15) is 0 Å². The number of benzene rings is 7. The number of fused-ring (bicyclic) bond motifs is 9. The van der Waals surface area contributed by atoms with Gasteiger partial charge in [0.25, 0.3) is 0 Å². The number of hydrogen-bond acceptors (Lipinski definition) is 4. The molecular formula is C42H25NO2S. The van der Waals surface area contributed by atoms with Crippen LogP contribution >= 0.6 is 11.3 Å². The Kier molecular flexibility index (Phi) is 5.45. The summed E-state index contributed by atoms with van der Waals surface area (Å²) in [5.74, 6) is 0. The molecule has 0 N–H and O–H groups in total. The Morgan fingerprint density at radius 3 is 1.89 bits per heavy atom. The lowest BCUT2D eigenvalue weighted by Crippen LogP contribution is -2.11. The molecule has 0 radical (unpaired) electrons. The number of anilines is 3. The van der Waals surface area contributed by atoms with Crippen LogP contribution < -0.4 is 4.90 Å². The molecule has 0 saturated heterocycles. The maximum atomic E-state index is 6.99. The van der Waals surface area contributed by atoms with Gasteiger partial charge in [-0.1, -0.05) is 109 Å². The van der Waals surface area contributed by atoms with Gasteiger partial charge in [0.2, 0.25) is 0 Å². The molecule has 0 aliphatic carbocycles. The number of hydrogen-bond donors (Lipinski definition) is 0. The van der Waals surface area contributed by atoms with Crippen LogP contribution in [0.3, 0.4) is 0 Å². The molecule has 0 aliphatic heterocycles. The van der Waals surface area contributed by atoms with Gasteiger partial charge in [-0.05, 0) is 48.0 Å². The van der Waals surface area contributed by atoms with E-state index in [1.807, 2.05) is 29.5 Å². The zero-order valence-electron chi connectivity index (χ0n) is 24.6. The molecule has 10 aromatic rings. The molecule has 0 bridgehead atoms. The molecule has 46 heavy (non-hydrogen) atoms. The summed E-state index contributed by atoms with van der Waals surface area (Å²) in [5, 5.41) is 6.82. The average Bonchev–Trinajstić information content (AvgIpc) is 3.81. The van der Waals surface area contributed by atoms with Crippen molar-refractivity contribution in [2.45, 2.75) is 0 Å². The van der Waals surface area contributed by atoms with E-state index >= 15 is 0 Å². The van der Waals surface area contributed by atoms with E-state index in [1.54, 1.807) is 0 Å². The van der Waals surface area contributed by atoms with E-state index in [-0.39, 0.29) is 0 Å². The smallest absolute Gasteiger partial charge is 0.159 e. The average molecular weight is 608 g/mol.